The molecule has 2 heterocycles. The molecule has 1 aromatic heterocycles. The SMILES string of the molecule is CCNCc1csc(N(C)CC2CCCOC2)n1. The van der Waals surface area contributed by atoms with Crippen LogP contribution in [0, 0.1) is 5.92 Å². The summed E-state index contributed by atoms with van der Waals surface area (Å²) >= 11 is 1.73. The number of hydrogen-bond acceptors (Lipinski definition) is 5. The molecule has 0 aromatic carbocycles. The largest absolute Gasteiger partial charge is 0.381 e. The van der Waals surface area contributed by atoms with Crippen LogP contribution < -0.4 is 10.2 Å². The van der Waals surface area contributed by atoms with Crippen molar-refractivity contribution >= 4 is 16.5 Å². The van der Waals surface area contributed by atoms with Crippen LogP contribution in [0.25, 0.3) is 0 Å². The second kappa shape index (κ2) is 7.07. The van der Waals surface area contributed by atoms with Gasteiger partial charge < -0.3 is 15.0 Å². The molecule has 0 amide bonds. The predicted octanol–water partition coefficient (Wildman–Crippen LogP) is 2.12. The van der Waals surface area contributed by atoms with Gasteiger partial charge in [-0.25, -0.2) is 4.98 Å². The highest BCUT2D eigenvalue weighted by atomic mass is 32.1. The van der Waals surface area contributed by atoms with E-state index in [0.717, 1.165) is 43.7 Å². The van der Waals surface area contributed by atoms with Crippen molar-refractivity contribution in [3.8, 4) is 0 Å². The predicted molar refractivity (Wildman–Crippen MR) is 76.3 cm³/mol. The van der Waals surface area contributed by atoms with Crippen molar-refractivity contribution in [2.75, 3.05) is 38.3 Å². The maximum absolute atomic E-state index is 5.52. The molecule has 1 fully saturated rings. The summed E-state index contributed by atoms with van der Waals surface area (Å²) in [7, 11) is 2.13. The smallest absolute Gasteiger partial charge is 0.185 e. The molecule has 0 saturated carbocycles. The van der Waals surface area contributed by atoms with E-state index in [0.29, 0.717) is 5.92 Å². The third-order valence-corrected chi connectivity index (χ3v) is 4.21. The van der Waals surface area contributed by atoms with Gasteiger partial charge in [0.2, 0.25) is 0 Å². The van der Waals surface area contributed by atoms with E-state index >= 15 is 0 Å². The van der Waals surface area contributed by atoms with Gasteiger partial charge >= 0.3 is 0 Å². The molecule has 1 N–H and O–H groups in total. The van der Waals surface area contributed by atoms with E-state index in [1.54, 1.807) is 11.3 Å². The Labute approximate surface area is 113 Å². The van der Waals surface area contributed by atoms with Gasteiger partial charge in [-0.15, -0.1) is 11.3 Å². The number of thiazole rings is 1. The highest BCUT2D eigenvalue weighted by Gasteiger charge is 2.17. The molecule has 1 aliphatic rings. The lowest BCUT2D eigenvalue weighted by atomic mass is 10.0. The fraction of sp³-hybridized carbons (Fsp3) is 0.769. The summed E-state index contributed by atoms with van der Waals surface area (Å²) in [5.74, 6) is 0.657. The first kappa shape index (κ1) is 13.8. The van der Waals surface area contributed by atoms with Gasteiger partial charge in [0.25, 0.3) is 0 Å². The molecule has 0 radical (unpaired) electrons. The Morgan fingerprint density at radius 2 is 2.50 bits per heavy atom. The summed E-state index contributed by atoms with van der Waals surface area (Å²) in [6, 6.07) is 0. The molecule has 1 aliphatic heterocycles. The van der Waals surface area contributed by atoms with Gasteiger partial charge in [-0.1, -0.05) is 6.92 Å². The summed E-state index contributed by atoms with van der Waals surface area (Å²) in [4.78, 5) is 6.92. The van der Waals surface area contributed by atoms with Crippen LogP contribution in [0.15, 0.2) is 5.38 Å². The monoisotopic (exact) mass is 269 g/mol. The quantitative estimate of drug-likeness (QED) is 0.858. The summed E-state index contributed by atoms with van der Waals surface area (Å²) < 4.78 is 5.52. The van der Waals surface area contributed by atoms with Crippen LogP contribution >= 0.6 is 11.3 Å². The minimum atomic E-state index is 0.657. The number of nitrogens with zero attached hydrogens (tertiary/aromatic N) is 2. The number of anilines is 1. The van der Waals surface area contributed by atoms with E-state index in [1.807, 2.05) is 0 Å². The Morgan fingerprint density at radius 1 is 1.61 bits per heavy atom. The Balaban J connectivity index is 1.83. The van der Waals surface area contributed by atoms with Crippen LogP contribution in [0.2, 0.25) is 0 Å². The Bertz CT molecular complexity index is 350. The molecule has 5 heteroatoms. The lowest BCUT2D eigenvalue weighted by molar-refractivity contribution is 0.0576. The average Bonchev–Trinajstić information content (AvgIpc) is 2.86. The molecule has 1 saturated heterocycles. The molecule has 1 atom stereocenters. The van der Waals surface area contributed by atoms with Crippen molar-refractivity contribution in [2.24, 2.45) is 5.92 Å². The van der Waals surface area contributed by atoms with Gasteiger partial charge in [0, 0.05) is 32.1 Å². The number of aromatic nitrogens is 1. The molecular formula is C13H23N3OS. The van der Waals surface area contributed by atoms with Crippen molar-refractivity contribution in [1.82, 2.24) is 10.3 Å². The van der Waals surface area contributed by atoms with Crippen LogP contribution in [0.4, 0.5) is 5.13 Å². The van der Waals surface area contributed by atoms with Crippen molar-refractivity contribution in [1.29, 1.82) is 0 Å². The van der Waals surface area contributed by atoms with Crippen LogP contribution in [0.1, 0.15) is 25.5 Å². The molecule has 0 spiro atoms. The molecular weight excluding hydrogens is 246 g/mol. The molecule has 4 nitrogen and oxygen atoms in total. The fourth-order valence-corrected chi connectivity index (χ4v) is 3.02. The van der Waals surface area contributed by atoms with Gasteiger partial charge in [0.1, 0.15) is 0 Å². The normalized spacial score (nSPS) is 20.0. The molecule has 18 heavy (non-hydrogen) atoms. The third-order valence-electron chi connectivity index (χ3n) is 3.21. The van der Waals surface area contributed by atoms with Crippen molar-refractivity contribution in [3.05, 3.63) is 11.1 Å². The first-order chi connectivity index (χ1) is 8.79. The van der Waals surface area contributed by atoms with E-state index in [2.05, 4.69) is 34.6 Å². The van der Waals surface area contributed by atoms with Gasteiger partial charge in [-0.05, 0) is 25.3 Å². The fourth-order valence-electron chi connectivity index (χ4n) is 2.22. The first-order valence-corrected chi connectivity index (χ1v) is 7.61. The lowest BCUT2D eigenvalue weighted by Gasteiger charge is -2.26. The van der Waals surface area contributed by atoms with Crippen LogP contribution in [0.5, 0.6) is 0 Å². The van der Waals surface area contributed by atoms with E-state index in [4.69, 9.17) is 4.74 Å². The van der Waals surface area contributed by atoms with E-state index in [1.165, 1.54) is 12.8 Å². The Kier molecular flexibility index (Phi) is 5.41. The van der Waals surface area contributed by atoms with Gasteiger partial charge in [0.05, 0.1) is 12.3 Å². The van der Waals surface area contributed by atoms with Crippen LogP contribution in [-0.2, 0) is 11.3 Å². The van der Waals surface area contributed by atoms with Gasteiger partial charge in [-0.2, -0.15) is 0 Å². The molecule has 1 aromatic rings. The van der Waals surface area contributed by atoms with Gasteiger partial charge in [0.15, 0.2) is 5.13 Å². The van der Waals surface area contributed by atoms with Crippen molar-refractivity contribution in [3.63, 3.8) is 0 Å². The highest BCUT2D eigenvalue weighted by Crippen LogP contribution is 2.22. The summed E-state index contributed by atoms with van der Waals surface area (Å²) in [6.07, 6.45) is 2.47. The summed E-state index contributed by atoms with van der Waals surface area (Å²) in [5.41, 5.74) is 1.14. The molecule has 102 valence electrons. The van der Waals surface area contributed by atoms with Crippen molar-refractivity contribution in [2.45, 2.75) is 26.3 Å². The first-order valence-electron chi connectivity index (χ1n) is 6.73. The van der Waals surface area contributed by atoms with E-state index < -0.39 is 0 Å². The number of ether oxygens (including phenoxy) is 1. The number of hydrogen-bond donors (Lipinski definition) is 1. The van der Waals surface area contributed by atoms with Crippen molar-refractivity contribution < 1.29 is 4.74 Å². The number of rotatable bonds is 6. The maximum Gasteiger partial charge on any atom is 0.185 e. The van der Waals surface area contributed by atoms with Gasteiger partial charge in [-0.3, -0.25) is 0 Å². The molecule has 1 unspecified atom stereocenters. The molecule has 0 bridgehead atoms. The third kappa shape index (κ3) is 3.93. The summed E-state index contributed by atoms with van der Waals surface area (Å²) in [5, 5.41) is 6.57. The standard InChI is InChI=1S/C13H23N3OS/c1-3-14-7-12-10-18-13(15-12)16(2)8-11-5-4-6-17-9-11/h10-11,14H,3-9H2,1-2H3. The summed E-state index contributed by atoms with van der Waals surface area (Å²) in [6.45, 7) is 6.86. The minimum Gasteiger partial charge on any atom is -0.381 e. The molecule has 0 aliphatic carbocycles. The maximum atomic E-state index is 5.52. The number of nitrogens with one attached hydrogen (secondary N) is 1. The second-order valence-corrected chi connectivity index (χ2v) is 5.70. The Morgan fingerprint density at radius 3 is 3.22 bits per heavy atom. The Hall–Kier alpha value is -0.650. The zero-order chi connectivity index (χ0) is 12.8. The highest BCUT2D eigenvalue weighted by molar-refractivity contribution is 7.13. The minimum absolute atomic E-state index is 0.657. The van der Waals surface area contributed by atoms with Crippen LogP contribution in [-0.4, -0.2) is 38.3 Å². The van der Waals surface area contributed by atoms with E-state index in [9.17, 15) is 0 Å². The van der Waals surface area contributed by atoms with E-state index in [-0.39, 0.29) is 0 Å². The average molecular weight is 269 g/mol. The van der Waals surface area contributed by atoms with Crippen LogP contribution in [0.3, 0.4) is 0 Å². The molecule has 2 rings (SSSR count). The lowest BCUT2D eigenvalue weighted by Crippen LogP contribution is -2.30. The second-order valence-electron chi connectivity index (χ2n) is 4.87. The topological polar surface area (TPSA) is 37.4 Å². The zero-order valence-corrected chi connectivity index (χ0v) is 12.1. The zero-order valence-electron chi connectivity index (χ0n) is 11.3.